The number of ether oxygens (including phenoxy) is 2. The van der Waals surface area contributed by atoms with Crippen LogP contribution in [-0.2, 0) is 24.3 Å². The fourth-order valence-electron chi connectivity index (χ4n) is 2.72. The largest absolute Gasteiger partial charge is 0.344 e. The van der Waals surface area contributed by atoms with Gasteiger partial charge in [-0.2, -0.15) is 0 Å². The van der Waals surface area contributed by atoms with Crippen molar-refractivity contribution in [3.05, 3.63) is 11.2 Å². The van der Waals surface area contributed by atoms with Crippen LogP contribution in [-0.4, -0.2) is 32.5 Å². The fraction of sp³-hybridized carbons (Fsp3) is 0.692. The number of nitrogens with one attached hydrogen (secondary N) is 1. The number of rotatable bonds is 5. The molecule has 0 bridgehead atoms. The maximum absolute atomic E-state index is 12.2. The van der Waals surface area contributed by atoms with E-state index < -0.39 is 22.2 Å². The van der Waals surface area contributed by atoms with Gasteiger partial charge in [-0.05, 0) is 18.8 Å². The highest BCUT2D eigenvalue weighted by Gasteiger charge is 2.27. The molecule has 9 heteroatoms. The Labute approximate surface area is 133 Å². The summed E-state index contributed by atoms with van der Waals surface area (Å²) >= 11 is 0.958. The molecule has 0 atom stereocenters. The van der Waals surface area contributed by atoms with E-state index in [0.717, 1.165) is 37.0 Å². The molecule has 2 fully saturated rings. The first-order valence-corrected chi connectivity index (χ1v) is 9.59. The molecular formula is C13H18N2O5S2. The second kappa shape index (κ2) is 6.61. The zero-order chi connectivity index (χ0) is 15.6. The van der Waals surface area contributed by atoms with Crippen LogP contribution in [0.5, 0.6) is 0 Å². The summed E-state index contributed by atoms with van der Waals surface area (Å²) in [7, 11) is -3.86. The van der Waals surface area contributed by atoms with Crippen LogP contribution in [0, 0.1) is 5.92 Å². The molecule has 1 amide bonds. The average Bonchev–Trinajstić information content (AvgIpc) is 3.20. The monoisotopic (exact) mass is 346 g/mol. The average molecular weight is 346 g/mol. The highest BCUT2D eigenvalue weighted by Crippen LogP contribution is 2.30. The summed E-state index contributed by atoms with van der Waals surface area (Å²) in [6.45, 7) is 0.926. The van der Waals surface area contributed by atoms with Crippen molar-refractivity contribution in [1.82, 2.24) is 9.71 Å². The minimum atomic E-state index is -3.86. The molecule has 2 heterocycles. The molecule has 1 aromatic heterocycles. The van der Waals surface area contributed by atoms with Gasteiger partial charge in [-0.15, -0.1) is 11.3 Å². The van der Waals surface area contributed by atoms with Gasteiger partial charge in [-0.1, -0.05) is 12.8 Å². The predicted octanol–water partition coefficient (Wildman–Crippen LogP) is 1.57. The van der Waals surface area contributed by atoms with Gasteiger partial charge in [0.15, 0.2) is 9.22 Å². The number of sulfonamides is 1. The molecule has 0 aromatic carbocycles. The lowest BCUT2D eigenvalue weighted by Gasteiger charge is -2.09. The highest BCUT2D eigenvalue weighted by molar-refractivity contribution is 7.92. The van der Waals surface area contributed by atoms with Crippen LogP contribution in [0.1, 0.15) is 43.4 Å². The molecule has 1 aliphatic heterocycles. The van der Waals surface area contributed by atoms with Crippen molar-refractivity contribution in [2.75, 3.05) is 13.2 Å². The Bertz CT molecular complexity index is 631. The van der Waals surface area contributed by atoms with E-state index in [9.17, 15) is 13.2 Å². The first-order valence-electron chi connectivity index (χ1n) is 7.29. The number of hydrogen-bond donors (Lipinski definition) is 1. The van der Waals surface area contributed by atoms with Gasteiger partial charge in [0.25, 0.3) is 10.0 Å². The number of thiazole rings is 1. The van der Waals surface area contributed by atoms with Crippen LogP contribution in [0.15, 0.2) is 10.4 Å². The number of amides is 1. The predicted molar refractivity (Wildman–Crippen MR) is 78.7 cm³/mol. The maximum atomic E-state index is 12.2. The first-order chi connectivity index (χ1) is 10.5. The van der Waals surface area contributed by atoms with Crippen LogP contribution in [0.25, 0.3) is 0 Å². The van der Waals surface area contributed by atoms with Gasteiger partial charge in [-0.25, -0.2) is 18.1 Å². The van der Waals surface area contributed by atoms with Gasteiger partial charge in [-0.3, -0.25) is 4.79 Å². The van der Waals surface area contributed by atoms with Crippen molar-refractivity contribution in [2.45, 2.75) is 42.6 Å². The third kappa shape index (κ3) is 3.65. The molecule has 0 unspecified atom stereocenters. The standard InChI is InChI=1S/C13H18N2O5S2/c16-10(7-9-3-1-2-4-9)15-22(17,18)11-8-14-12(21-11)13-19-5-6-20-13/h8-9,13H,1-7H2,(H,15,16). The van der Waals surface area contributed by atoms with E-state index in [1.54, 1.807) is 0 Å². The summed E-state index contributed by atoms with van der Waals surface area (Å²) < 4.78 is 37.1. The summed E-state index contributed by atoms with van der Waals surface area (Å²) in [4.78, 5) is 15.9. The van der Waals surface area contributed by atoms with Crippen molar-refractivity contribution in [3.63, 3.8) is 0 Å². The van der Waals surface area contributed by atoms with E-state index in [4.69, 9.17) is 9.47 Å². The topological polar surface area (TPSA) is 94.6 Å². The van der Waals surface area contributed by atoms with Gasteiger partial charge in [0, 0.05) is 6.42 Å². The highest BCUT2D eigenvalue weighted by atomic mass is 32.2. The Hall–Kier alpha value is -1.03. The van der Waals surface area contributed by atoms with Crippen molar-refractivity contribution < 1.29 is 22.7 Å². The van der Waals surface area contributed by atoms with Crippen LogP contribution >= 0.6 is 11.3 Å². The number of nitrogens with zero attached hydrogens (tertiary/aromatic N) is 1. The van der Waals surface area contributed by atoms with Crippen LogP contribution in [0.4, 0.5) is 0 Å². The number of carbonyl (C=O) groups is 1. The van der Waals surface area contributed by atoms with E-state index in [2.05, 4.69) is 9.71 Å². The Kier molecular flexibility index (Phi) is 4.76. The summed E-state index contributed by atoms with van der Waals surface area (Å²) in [5.74, 6) is -0.150. The van der Waals surface area contributed by atoms with Gasteiger partial charge in [0.05, 0.1) is 19.4 Å². The molecule has 3 rings (SSSR count). The molecule has 1 aromatic rings. The third-order valence-corrected chi connectivity index (χ3v) is 6.64. The van der Waals surface area contributed by atoms with Crippen LogP contribution < -0.4 is 4.72 Å². The lowest BCUT2D eigenvalue weighted by atomic mass is 10.0. The van der Waals surface area contributed by atoms with Gasteiger partial charge in [0.2, 0.25) is 12.2 Å². The third-order valence-electron chi connectivity index (χ3n) is 3.79. The van der Waals surface area contributed by atoms with E-state index in [-0.39, 0.29) is 10.6 Å². The molecule has 122 valence electrons. The van der Waals surface area contributed by atoms with E-state index in [1.807, 2.05) is 0 Å². The lowest BCUT2D eigenvalue weighted by Crippen LogP contribution is -2.31. The Morgan fingerprint density at radius 2 is 2.00 bits per heavy atom. The Morgan fingerprint density at radius 1 is 1.32 bits per heavy atom. The van der Waals surface area contributed by atoms with E-state index >= 15 is 0 Å². The molecule has 1 saturated heterocycles. The van der Waals surface area contributed by atoms with Gasteiger partial charge < -0.3 is 9.47 Å². The van der Waals surface area contributed by atoms with Crippen molar-refractivity contribution in [3.8, 4) is 0 Å². The molecule has 7 nitrogen and oxygen atoms in total. The van der Waals surface area contributed by atoms with Crippen molar-refractivity contribution in [1.29, 1.82) is 0 Å². The molecule has 22 heavy (non-hydrogen) atoms. The molecule has 1 N–H and O–H groups in total. The Balaban J connectivity index is 1.63. The summed E-state index contributed by atoms with van der Waals surface area (Å²) in [6, 6.07) is 0. The molecule has 1 saturated carbocycles. The molecule has 2 aliphatic rings. The van der Waals surface area contributed by atoms with Crippen molar-refractivity contribution in [2.24, 2.45) is 5.92 Å². The smallest absolute Gasteiger partial charge is 0.275 e. The normalized spacial score (nSPS) is 20.5. The van der Waals surface area contributed by atoms with Gasteiger partial charge in [0.1, 0.15) is 0 Å². The fourth-order valence-corrected chi connectivity index (χ4v) is 4.87. The van der Waals surface area contributed by atoms with Gasteiger partial charge >= 0.3 is 0 Å². The molecule has 0 spiro atoms. The number of aromatic nitrogens is 1. The second-order valence-electron chi connectivity index (χ2n) is 5.47. The number of carbonyl (C=O) groups excluding carboxylic acids is 1. The maximum Gasteiger partial charge on any atom is 0.275 e. The Morgan fingerprint density at radius 3 is 2.68 bits per heavy atom. The summed E-state index contributed by atoms with van der Waals surface area (Å²) in [5.41, 5.74) is 0. The van der Waals surface area contributed by atoms with E-state index in [0.29, 0.717) is 24.1 Å². The molecular weight excluding hydrogens is 328 g/mol. The first kappa shape index (κ1) is 15.9. The van der Waals surface area contributed by atoms with Crippen molar-refractivity contribution >= 4 is 27.3 Å². The minimum absolute atomic E-state index is 0.00127. The van der Waals surface area contributed by atoms with Crippen LogP contribution in [0.3, 0.4) is 0 Å². The molecule has 1 aliphatic carbocycles. The zero-order valence-electron chi connectivity index (χ0n) is 12.0. The molecule has 0 radical (unpaired) electrons. The zero-order valence-corrected chi connectivity index (χ0v) is 13.6. The van der Waals surface area contributed by atoms with Crippen LogP contribution in [0.2, 0.25) is 0 Å². The minimum Gasteiger partial charge on any atom is -0.344 e. The van der Waals surface area contributed by atoms with E-state index in [1.165, 1.54) is 6.20 Å². The summed E-state index contributed by atoms with van der Waals surface area (Å²) in [5, 5.41) is 0.445. The summed E-state index contributed by atoms with van der Waals surface area (Å²) in [6.07, 6.45) is 5.11. The lowest BCUT2D eigenvalue weighted by molar-refractivity contribution is -0.120. The quantitative estimate of drug-likeness (QED) is 0.870. The number of hydrogen-bond acceptors (Lipinski definition) is 7. The second-order valence-corrected chi connectivity index (χ2v) is 8.45. The SMILES string of the molecule is O=C(CC1CCCC1)NS(=O)(=O)c1cnc(C2OCCO2)s1.